The van der Waals surface area contributed by atoms with Crippen molar-refractivity contribution in [3.63, 3.8) is 0 Å². The van der Waals surface area contributed by atoms with E-state index >= 15 is 0 Å². The van der Waals surface area contributed by atoms with E-state index in [0.717, 1.165) is 32.1 Å². The van der Waals surface area contributed by atoms with Crippen molar-refractivity contribution in [2.75, 3.05) is 6.61 Å². The maximum absolute atomic E-state index is 8.88. The summed E-state index contributed by atoms with van der Waals surface area (Å²) < 4.78 is 12.8. The molecule has 0 amide bonds. The second kappa shape index (κ2) is 16.6. The summed E-state index contributed by atoms with van der Waals surface area (Å²) in [6.07, 6.45) is 17.5. The fourth-order valence-electron chi connectivity index (χ4n) is 3.89. The Morgan fingerprint density at radius 3 is 1.31 bits per heavy atom. The maximum Gasteiger partial charge on any atom is 0.0602 e. The van der Waals surface area contributed by atoms with Crippen molar-refractivity contribution in [1.29, 1.82) is 0 Å². The molecule has 0 aliphatic rings. The Balaban J connectivity index is 4.49. The lowest BCUT2D eigenvalue weighted by Crippen LogP contribution is -2.31. The monoisotopic (exact) mass is 414 g/mol. The maximum atomic E-state index is 8.88. The highest BCUT2D eigenvalue weighted by atomic mass is 16.5. The fraction of sp³-hybridized carbons (Fsp3) is 1.00. The minimum absolute atomic E-state index is 0.0790. The molecule has 0 aromatic rings. The van der Waals surface area contributed by atoms with E-state index in [1.807, 2.05) is 0 Å². The van der Waals surface area contributed by atoms with Gasteiger partial charge in [0.1, 0.15) is 0 Å². The quantitative estimate of drug-likeness (QED) is 0.232. The highest BCUT2D eigenvalue weighted by molar-refractivity contribution is 4.72. The summed E-state index contributed by atoms with van der Waals surface area (Å²) in [6, 6.07) is 0. The first kappa shape index (κ1) is 28.9. The molecule has 0 rings (SSSR count). The van der Waals surface area contributed by atoms with E-state index in [1.54, 1.807) is 0 Å². The summed E-state index contributed by atoms with van der Waals surface area (Å²) >= 11 is 0. The molecule has 0 aliphatic heterocycles. The first-order valence-electron chi connectivity index (χ1n) is 12.5. The molecule has 29 heavy (non-hydrogen) atoms. The van der Waals surface area contributed by atoms with Crippen LogP contribution in [0.15, 0.2) is 0 Å². The first-order chi connectivity index (χ1) is 13.6. The number of hydrogen-bond donors (Lipinski definition) is 1. The van der Waals surface area contributed by atoms with Crippen LogP contribution in [0.25, 0.3) is 0 Å². The van der Waals surface area contributed by atoms with E-state index in [9.17, 15) is 0 Å². The van der Waals surface area contributed by atoms with Gasteiger partial charge >= 0.3 is 0 Å². The molecule has 0 aromatic carbocycles. The zero-order chi connectivity index (χ0) is 22.2. The summed E-state index contributed by atoms with van der Waals surface area (Å²) in [5.74, 6) is 0. The standard InChI is InChI=1S/C26H54O3/c1-8-9-10-15-18-23(28-25(2,3)4)20-21-24(29-26(5,6)7)19-16-13-11-12-14-17-22-27/h23-24,27H,8-22H2,1-7H3. The summed E-state index contributed by atoms with van der Waals surface area (Å²) in [4.78, 5) is 0. The summed E-state index contributed by atoms with van der Waals surface area (Å²) in [6.45, 7) is 15.6. The van der Waals surface area contributed by atoms with Crippen molar-refractivity contribution in [1.82, 2.24) is 0 Å². The van der Waals surface area contributed by atoms with Crippen molar-refractivity contribution in [2.24, 2.45) is 0 Å². The SMILES string of the molecule is CCCCCCC(CCC(CCCCCCCCO)OC(C)(C)C)OC(C)(C)C. The minimum Gasteiger partial charge on any atom is -0.396 e. The summed E-state index contributed by atoms with van der Waals surface area (Å²) in [5, 5.41) is 8.88. The molecule has 0 fully saturated rings. The molecule has 176 valence electrons. The molecule has 0 aliphatic carbocycles. The molecule has 0 heterocycles. The van der Waals surface area contributed by atoms with E-state index in [-0.39, 0.29) is 11.2 Å². The van der Waals surface area contributed by atoms with Gasteiger partial charge in [0.15, 0.2) is 0 Å². The summed E-state index contributed by atoms with van der Waals surface area (Å²) in [5.41, 5.74) is -0.169. The molecule has 0 aromatic heterocycles. The predicted molar refractivity (Wildman–Crippen MR) is 127 cm³/mol. The molecular weight excluding hydrogens is 360 g/mol. The van der Waals surface area contributed by atoms with Crippen molar-refractivity contribution in [3.05, 3.63) is 0 Å². The number of ether oxygens (including phenoxy) is 2. The zero-order valence-corrected chi connectivity index (χ0v) is 21.0. The lowest BCUT2D eigenvalue weighted by Gasteiger charge is -2.31. The second-order valence-electron chi connectivity index (χ2n) is 10.8. The lowest BCUT2D eigenvalue weighted by molar-refractivity contribution is -0.0922. The third-order valence-electron chi connectivity index (χ3n) is 5.16. The van der Waals surface area contributed by atoms with Crippen LogP contribution in [0.2, 0.25) is 0 Å². The van der Waals surface area contributed by atoms with E-state index in [4.69, 9.17) is 14.6 Å². The van der Waals surface area contributed by atoms with Crippen LogP contribution in [-0.2, 0) is 9.47 Å². The molecule has 0 saturated carbocycles. The van der Waals surface area contributed by atoms with E-state index in [2.05, 4.69) is 48.5 Å². The zero-order valence-electron chi connectivity index (χ0n) is 21.0. The van der Waals surface area contributed by atoms with Crippen LogP contribution < -0.4 is 0 Å². The molecule has 0 bridgehead atoms. The number of rotatable bonds is 18. The van der Waals surface area contributed by atoms with Crippen molar-refractivity contribution < 1.29 is 14.6 Å². The average Bonchev–Trinajstić information content (AvgIpc) is 2.59. The van der Waals surface area contributed by atoms with Gasteiger partial charge in [0.05, 0.1) is 23.4 Å². The Kier molecular flexibility index (Phi) is 16.5. The molecule has 0 spiro atoms. The number of aliphatic hydroxyl groups excluding tert-OH is 1. The first-order valence-corrected chi connectivity index (χ1v) is 12.5. The van der Waals surface area contributed by atoms with Gasteiger partial charge in [-0.05, 0) is 73.6 Å². The van der Waals surface area contributed by atoms with Gasteiger partial charge in [0.25, 0.3) is 0 Å². The second-order valence-corrected chi connectivity index (χ2v) is 10.8. The van der Waals surface area contributed by atoms with Gasteiger partial charge in [-0.1, -0.05) is 64.7 Å². The number of aliphatic hydroxyl groups is 1. The molecule has 2 unspecified atom stereocenters. The molecular formula is C26H54O3. The van der Waals surface area contributed by atoms with Gasteiger partial charge < -0.3 is 14.6 Å². The van der Waals surface area contributed by atoms with Gasteiger partial charge in [-0.2, -0.15) is 0 Å². The third kappa shape index (κ3) is 20.9. The van der Waals surface area contributed by atoms with E-state index in [0.29, 0.717) is 18.8 Å². The Bertz CT molecular complexity index is 354. The molecule has 2 atom stereocenters. The third-order valence-corrected chi connectivity index (χ3v) is 5.16. The van der Waals surface area contributed by atoms with Crippen LogP contribution in [0.4, 0.5) is 0 Å². The highest BCUT2D eigenvalue weighted by Gasteiger charge is 2.23. The van der Waals surface area contributed by atoms with Crippen LogP contribution in [0.5, 0.6) is 0 Å². The molecule has 1 N–H and O–H groups in total. The Hall–Kier alpha value is -0.120. The highest BCUT2D eigenvalue weighted by Crippen LogP contribution is 2.25. The van der Waals surface area contributed by atoms with Gasteiger partial charge in [-0.25, -0.2) is 0 Å². The van der Waals surface area contributed by atoms with Crippen LogP contribution >= 0.6 is 0 Å². The largest absolute Gasteiger partial charge is 0.396 e. The smallest absolute Gasteiger partial charge is 0.0602 e. The van der Waals surface area contributed by atoms with Crippen LogP contribution in [-0.4, -0.2) is 35.1 Å². The van der Waals surface area contributed by atoms with Gasteiger partial charge in [0, 0.05) is 6.61 Å². The van der Waals surface area contributed by atoms with Crippen molar-refractivity contribution in [3.8, 4) is 0 Å². The summed E-state index contributed by atoms with van der Waals surface area (Å²) in [7, 11) is 0. The van der Waals surface area contributed by atoms with E-state index < -0.39 is 0 Å². The number of hydrogen-bond acceptors (Lipinski definition) is 3. The fourth-order valence-corrected chi connectivity index (χ4v) is 3.89. The van der Waals surface area contributed by atoms with Crippen LogP contribution in [0.1, 0.15) is 138 Å². The molecule has 3 heteroatoms. The topological polar surface area (TPSA) is 38.7 Å². The molecule has 3 nitrogen and oxygen atoms in total. The average molecular weight is 415 g/mol. The Morgan fingerprint density at radius 1 is 0.552 bits per heavy atom. The minimum atomic E-state index is -0.0900. The van der Waals surface area contributed by atoms with Gasteiger partial charge in [0.2, 0.25) is 0 Å². The van der Waals surface area contributed by atoms with Gasteiger partial charge in [-0.15, -0.1) is 0 Å². The van der Waals surface area contributed by atoms with Gasteiger partial charge in [-0.3, -0.25) is 0 Å². The predicted octanol–water partition coefficient (Wildman–Crippen LogP) is 7.83. The van der Waals surface area contributed by atoms with Crippen molar-refractivity contribution >= 4 is 0 Å². The Morgan fingerprint density at radius 2 is 0.931 bits per heavy atom. The van der Waals surface area contributed by atoms with Crippen LogP contribution in [0.3, 0.4) is 0 Å². The number of unbranched alkanes of at least 4 members (excludes halogenated alkanes) is 8. The molecule has 0 saturated heterocycles. The van der Waals surface area contributed by atoms with Crippen LogP contribution in [0, 0.1) is 0 Å². The van der Waals surface area contributed by atoms with E-state index in [1.165, 1.54) is 57.8 Å². The van der Waals surface area contributed by atoms with Crippen molar-refractivity contribution in [2.45, 2.75) is 162 Å². The Labute approximate surface area is 183 Å². The molecule has 0 radical (unpaired) electrons. The lowest BCUT2D eigenvalue weighted by atomic mass is 9.98. The normalized spacial score (nSPS) is 14.9.